The molecule has 0 aliphatic heterocycles. The minimum absolute atomic E-state index is 0.0622. The molecule has 0 aliphatic rings. The maximum Gasteiger partial charge on any atom is 0.334 e. The summed E-state index contributed by atoms with van der Waals surface area (Å²) in [5.74, 6) is -0.890. The Morgan fingerprint density at radius 2 is 1.62 bits per heavy atom. The van der Waals surface area contributed by atoms with Gasteiger partial charge in [-0.1, -0.05) is 42.5 Å². The minimum Gasteiger partial charge on any atom is -0.324 e. The maximum absolute atomic E-state index is 13.2. The summed E-state index contributed by atoms with van der Waals surface area (Å²) in [7, 11) is -4.88. The number of anilines is 1. The van der Waals surface area contributed by atoms with Gasteiger partial charge in [0.25, 0.3) is 0 Å². The van der Waals surface area contributed by atoms with Crippen molar-refractivity contribution in [2.75, 3.05) is 5.32 Å². The Kier molecular flexibility index (Phi) is 4.37. The van der Waals surface area contributed by atoms with Gasteiger partial charge in [0.1, 0.15) is 4.90 Å². The fourth-order valence-corrected chi connectivity index (χ4v) is 2.54. The van der Waals surface area contributed by atoms with E-state index < -0.39 is 26.9 Å². The van der Waals surface area contributed by atoms with Crippen LogP contribution in [0.5, 0.6) is 0 Å². The second-order valence-electron chi connectivity index (χ2n) is 4.56. The lowest BCUT2D eigenvalue weighted by Gasteiger charge is -2.13. The highest BCUT2D eigenvalue weighted by atomic mass is 32.3. The van der Waals surface area contributed by atoms with Crippen molar-refractivity contribution in [1.29, 1.82) is 0 Å². The topological polar surface area (TPSA) is 63.2 Å². The van der Waals surface area contributed by atoms with Crippen molar-refractivity contribution in [2.45, 2.75) is 17.7 Å². The second kappa shape index (κ2) is 6.05. The van der Waals surface area contributed by atoms with Gasteiger partial charge in [0.2, 0.25) is 5.91 Å². The van der Waals surface area contributed by atoms with E-state index in [1.807, 2.05) is 6.07 Å². The van der Waals surface area contributed by atoms with Gasteiger partial charge in [0, 0.05) is 0 Å². The normalized spacial score (nSPS) is 12.7. The average molecular weight is 307 g/mol. The number of hydrogen-bond donors (Lipinski definition) is 1. The van der Waals surface area contributed by atoms with Crippen LogP contribution in [-0.4, -0.2) is 14.3 Å². The third-order valence-corrected chi connectivity index (χ3v) is 3.98. The molecular weight excluding hydrogens is 293 g/mol. The van der Waals surface area contributed by atoms with Crippen molar-refractivity contribution < 1.29 is 17.1 Å². The monoisotopic (exact) mass is 307 g/mol. The van der Waals surface area contributed by atoms with Crippen LogP contribution in [0.2, 0.25) is 0 Å². The van der Waals surface area contributed by atoms with Crippen LogP contribution in [0.4, 0.5) is 9.57 Å². The maximum atomic E-state index is 13.2. The zero-order chi connectivity index (χ0) is 15.5. The van der Waals surface area contributed by atoms with E-state index in [4.69, 9.17) is 0 Å². The molecule has 0 aromatic heterocycles. The van der Waals surface area contributed by atoms with Gasteiger partial charge in [0.15, 0.2) is 0 Å². The first-order valence-electron chi connectivity index (χ1n) is 6.29. The van der Waals surface area contributed by atoms with E-state index in [0.717, 1.165) is 11.6 Å². The highest BCUT2D eigenvalue weighted by Crippen LogP contribution is 2.24. The Morgan fingerprint density at radius 3 is 2.24 bits per heavy atom. The summed E-state index contributed by atoms with van der Waals surface area (Å²) in [4.78, 5) is 11.6. The molecular formula is C15H14FNO3S. The first kappa shape index (κ1) is 15.2. The lowest BCUT2D eigenvalue weighted by molar-refractivity contribution is -0.117. The zero-order valence-electron chi connectivity index (χ0n) is 11.3. The largest absolute Gasteiger partial charge is 0.334 e. The molecule has 0 fully saturated rings. The molecule has 0 radical (unpaired) electrons. The standard InChI is InChI=1S/C15H14FNO3S/c1-11(12-7-3-2-4-8-12)15(18)17-13-9-5-6-10-14(13)21(16,19)20/h2-11H,1H3,(H,17,18). The molecule has 0 bridgehead atoms. The van der Waals surface area contributed by atoms with Gasteiger partial charge in [0.05, 0.1) is 11.6 Å². The van der Waals surface area contributed by atoms with Crippen molar-refractivity contribution in [3.8, 4) is 0 Å². The van der Waals surface area contributed by atoms with Crippen LogP contribution in [0.3, 0.4) is 0 Å². The lowest BCUT2D eigenvalue weighted by atomic mass is 10.0. The predicted octanol–water partition coefficient (Wildman–Crippen LogP) is 3.09. The molecule has 2 rings (SSSR count). The Bertz CT molecular complexity index is 745. The van der Waals surface area contributed by atoms with E-state index in [9.17, 15) is 17.1 Å². The van der Waals surface area contributed by atoms with Gasteiger partial charge in [-0.3, -0.25) is 4.79 Å². The van der Waals surface area contributed by atoms with E-state index >= 15 is 0 Å². The van der Waals surface area contributed by atoms with Crippen LogP contribution in [0.1, 0.15) is 18.4 Å². The average Bonchev–Trinajstić information content (AvgIpc) is 2.47. The molecule has 0 aliphatic carbocycles. The summed E-state index contributed by atoms with van der Waals surface area (Å²) >= 11 is 0. The van der Waals surface area contributed by atoms with Crippen molar-refractivity contribution in [3.05, 3.63) is 60.2 Å². The van der Waals surface area contributed by atoms with Crippen LogP contribution in [0, 0.1) is 0 Å². The quantitative estimate of drug-likeness (QED) is 0.883. The molecule has 0 saturated carbocycles. The fourth-order valence-electron chi connectivity index (χ4n) is 1.92. The zero-order valence-corrected chi connectivity index (χ0v) is 12.1. The molecule has 1 atom stereocenters. The SMILES string of the molecule is CC(C(=O)Nc1ccccc1S(=O)(=O)F)c1ccccc1. The van der Waals surface area contributed by atoms with E-state index in [1.165, 1.54) is 18.2 Å². The molecule has 1 unspecified atom stereocenters. The summed E-state index contributed by atoms with van der Waals surface area (Å²) in [6, 6.07) is 14.4. The number of hydrogen-bond acceptors (Lipinski definition) is 3. The number of benzene rings is 2. The second-order valence-corrected chi connectivity index (χ2v) is 5.87. The Hall–Kier alpha value is -2.21. The Balaban J connectivity index is 2.25. The smallest absolute Gasteiger partial charge is 0.324 e. The fraction of sp³-hybridized carbons (Fsp3) is 0.133. The van der Waals surface area contributed by atoms with Crippen LogP contribution in [0.25, 0.3) is 0 Å². The Morgan fingerprint density at radius 1 is 1.05 bits per heavy atom. The molecule has 2 aromatic rings. The van der Waals surface area contributed by atoms with Gasteiger partial charge < -0.3 is 5.32 Å². The summed E-state index contributed by atoms with van der Waals surface area (Å²) in [6.07, 6.45) is 0. The lowest BCUT2D eigenvalue weighted by Crippen LogP contribution is -2.20. The summed E-state index contributed by atoms with van der Waals surface area (Å²) in [6.45, 7) is 1.69. The number of amides is 1. The third-order valence-electron chi connectivity index (χ3n) is 3.10. The molecule has 0 saturated heterocycles. The van der Waals surface area contributed by atoms with Gasteiger partial charge >= 0.3 is 10.2 Å². The van der Waals surface area contributed by atoms with Crippen molar-refractivity contribution >= 4 is 21.8 Å². The molecule has 1 amide bonds. The predicted molar refractivity (Wildman–Crippen MR) is 78.2 cm³/mol. The molecule has 0 heterocycles. The highest BCUT2D eigenvalue weighted by molar-refractivity contribution is 7.86. The van der Waals surface area contributed by atoms with E-state index in [2.05, 4.69) is 5.32 Å². The first-order chi connectivity index (χ1) is 9.89. The number of para-hydroxylation sites is 1. The molecule has 110 valence electrons. The van der Waals surface area contributed by atoms with Crippen LogP contribution in [-0.2, 0) is 15.0 Å². The number of carbonyl (C=O) groups is 1. The van der Waals surface area contributed by atoms with Gasteiger partial charge in [-0.25, -0.2) is 0 Å². The van der Waals surface area contributed by atoms with Gasteiger partial charge in [-0.05, 0) is 24.6 Å². The number of rotatable bonds is 4. The molecule has 1 N–H and O–H groups in total. The van der Waals surface area contributed by atoms with E-state index in [1.54, 1.807) is 31.2 Å². The van der Waals surface area contributed by atoms with Crippen LogP contribution in [0.15, 0.2) is 59.5 Å². The summed E-state index contributed by atoms with van der Waals surface area (Å²) in [5.41, 5.74) is 0.725. The number of nitrogens with one attached hydrogen (secondary N) is 1. The van der Waals surface area contributed by atoms with Gasteiger partial charge in [-0.2, -0.15) is 8.42 Å². The van der Waals surface area contributed by atoms with Crippen molar-refractivity contribution in [2.24, 2.45) is 0 Å². The van der Waals surface area contributed by atoms with Crippen LogP contribution >= 0.6 is 0 Å². The van der Waals surface area contributed by atoms with E-state index in [-0.39, 0.29) is 5.69 Å². The third kappa shape index (κ3) is 3.66. The first-order valence-corrected chi connectivity index (χ1v) is 7.67. The summed E-state index contributed by atoms with van der Waals surface area (Å²) in [5, 5.41) is 2.46. The molecule has 4 nitrogen and oxygen atoms in total. The van der Waals surface area contributed by atoms with Crippen LogP contribution < -0.4 is 5.32 Å². The molecule has 0 spiro atoms. The summed E-state index contributed by atoms with van der Waals surface area (Å²) < 4.78 is 35.3. The van der Waals surface area contributed by atoms with Crippen molar-refractivity contribution in [3.63, 3.8) is 0 Å². The molecule has 21 heavy (non-hydrogen) atoms. The highest BCUT2D eigenvalue weighted by Gasteiger charge is 2.21. The molecule has 2 aromatic carbocycles. The number of carbonyl (C=O) groups excluding carboxylic acids is 1. The Labute approximate surface area is 122 Å². The van der Waals surface area contributed by atoms with E-state index in [0.29, 0.717) is 0 Å². The van der Waals surface area contributed by atoms with Crippen molar-refractivity contribution in [1.82, 2.24) is 0 Å². The number of halogens is 1. The minimum atomic E-state index is -4.88. The van der Waals surface area contributed by atoms with Gasteiger partial charge in [-0.15, -0.1) is 3.89 Å². The molecule has 6 heteroatoms.